The second-order valence-corrected chi connectivity index (χ2v) is 7.57. The van der Waals surface area contributed by atoms with Gasteiger partial charge in [-0.25, -0.2) is 9.47 Å². The summed E-state index contributed by atoms with van der Waals surface area (Å²) in [6.45, 7) is 4.01. The number of para-hydroxylation sites is 1. The predicted molar refractivity (Wildman–Crippen MR) is 118 cm³/mol. The fourth-order valence-corrected chi connectivity index (χ4v) is 4.11. The first-order valence-electron chi connectivity index (χ1n) is 9.54. The number of esters is 1. The van der Waals surface area contributed by atoms with Crippen molar-refractivity contribution < 1.29 is 9.53 Å². The standard InChI is InChI=1S/C22H21N5O2S/c1-3-29-21(28)19-14(2)16-11-7-8-12-17(16)24-18(19)13-30-22-26-25-20(27(22)23)15-9-5-4-6-10-15/h4-12H,3,13,23H2,1-2H3. The maximum atomic E-state index is 12.7. The first-order chi connectivity index (χ1) is 14.6. The third-order valence-corrected chi connectivity index (χ3v) is 5.70. The highest BCUT2D eigenvalue weighted by Crippen LogP contribution is 2.29. The van der Waals surface area contributed by atoms with Crippen molar-refractivity contribution in [2.45, 2.75) is 24.8 Å². The molecule has 2 aromatic heterocycles. The molecule has 7 nitrogen and oxygen atoms in total. The van der Waals surface area contributed by atoms with Crippen LogP contribution in [0.1, 0.15) is 28.5 Å². The van der Waals surface area contributed by atoms with Gasteiger partial charge < -0.3 is 10.6 Å². The number of nitrogen functional groups attached to an aromatic ring is 1. The van der Waals surface area contributed by atoms with Gasteiger partial charge in [0.1, 0.15) is 0 Å². The van der Waals surface area contributed by atoms with E-state index in [1.165, 1.54) is 16.4 Å². The van der Waals surface area contributed by atoms with Gasteiger partial charge in [-0.1, -0.05) is 60.3 Å². The Kier molecular flexibility index (Phi) is 5.67. The van der Waals surface area contributed by atoms with Crippen molar-refractivity contribution in [3.05, 3.63) is 71.4 Å². The second kappa shape index (κ2) is 8.54. The van der Waals surface area contributed by atoms with E-state index in [-0.39, 0.29) is 5.97 Å². The Morgan fingerprint density at radius 2 is 1.83 bits per heavy atom. The maximum Gasteiger partial charge on any atom is 0.340 e. The fourth-order valence-electron chi connectivity index (χ4n) is 3.31. The van der Waals surface area contributed by atoms with Crippen LogP contribution in [0.3, 0.4) is 0 Å². The summed E-state index contributed by atoms with van der Waals surface area (Å²) < 4.78 is 6.75. The number of aryl methyl sites for hydroxylation is 1. The van der Waals surface area contributed by atoms with Crippen molar-refractivity contribution >= 4 is 28.6 Å². The van der Waals surface area contributed by atoms with Crippen LogP contribution >= 0.6 is 11.8 Å². The van der Waals surface area contributed by atoms with E-state index in [9.17, 15) is 4.79 Å². The lowest BCUT2D eigenvalue weighted by Crippen LogP contribution is -2.13. The van der Waals surface area contributed by atoms with Crippen molar-refractivity contribution in [1.82, 2.24) is 19.9 Å². The van der Waals surface area contributed by atoms with Crippen molar-refractivity contribution in [3.63, 3.8) is 0 Å². The number of pyridine rings is 1. The number of benzene rings is 2. The van der Waals surface area contributed by atoms with Crippen molar-refractivity contribution in [2.75, 3.05) is 12.4 Å². The van der Waals surface area contributed by atoms with Gasteiger partial charge in [0, 0.05) is 16.7 Å². The Labute approximate surface area is 178 Å². The molecule has 0 fully saturated rings. The molecule has 0 atom stereocenters. The molecule has 0 spiro atoms. The predicted octanol–water partition coefficient (Wildman–Crippen LogP) is 3.98. The maximum absolute atomic E-state index is 12.7. The fraction of sp³-hybridized carbons (Fsp3) is 0.182. The molecule has 0 aliphatic heterocycles. The zero-order chi connectivity index (χ0) is 21.1. The molecule has 4 rings (SSSR count). The number of fused-ring (bicyclic) bond motifs is 1. The molecule has 2 N–H and O–H groups in total. The van der Waals surface area contributed by atoms with Crippen molar-refractivity contribution in [1.29, 1.82) is 0 Å². The zero-order valence-corrected chi connectivity index (χ0v) is 17.5. The Balaban J connectivity index is 1.68. The van der Waals surface area contributed by atoms with E-state index in [4.69, 9.17) is 15.6 Å². The van der Waals surface area contributed by atoms with Crippen LogP contribution in [0.25, 0.3) is 22.3 Å². The molecule has 0 unspecified atom stereocenters. The van der Waals surface area contributed by atoms with Gasteiger partial charge in [0.05, 0.1) is 23.4 Å². The first-order valence-corrected chi connectivity index (χ1v) is 10.5. The summed E-state index contributed by atoms with van der Waals surface area (Å²) >= 11 is 1.38. The molecule has 0 saturated carbocycles. The van der Waals surface area contributed by atoms with Gasteiger partial charge >= 0.3 is 5.97 Å². The van der Waals surface area contributed by atoms with E-state index in [0.29, 0.717) is 34.6 Å². The number of carbonyl (C=O) groups is 1. The van der Waals surface area contributed by atoms with Crippen LogP contribution < -0.4 is 5.84 Å². The Morgan fingerprint density at radius 3 is 2.60 bits per heavy atom. The summed E-state index contributed by atoms with van der Waals surface area (Å²) in [6, 6.07) is 17.4. The molecule has 0 aliphatic rings. The van der Waals surface area contributed by atoms with Crippen molar-refractivity contribution in [3.8, 4) is 11.4 Å². The third-order valence-electron chi connectivity index (χ3n) is 4.74. The van der Waals surface area contributed by atoms with Crippen LogP contribution in [0.4, 0.5) is 0 Å². The molecule has 0 saturated heterocycles. The number of aromatic nitrogens is 4. The third kappa shape index (κ3) is 3.73. The average molecular weight is 420 g/mol. The molecule has 0 bridgehead atoms. The van der Waals surface area contributed by atoms with Gasteiger partial charge in [-0.15, -0.1) is 10.2 Å². The summed E-state index contributed by atoms with van der Waals surface area (Å²) in [6.07, 6.45) is 0. The zero-order valence-electron chi connectivity index (χ0n) is 16.7. The summed E-state index contributed by atoms with van der Waals surface area (Å²) in [5.74, 6) is 6.83. The number of hydrogen-bond acceptors (Lipinski definition) is 7. The lowest BCUT2D eigenvalue weighted by Gasteiger charge is -2.13. The summed E-state index contributed by atoms with van der Waals surface area (Å²) in [5.41, 5.74) is 3.70. The van der Waals surface area contributed by atoms with Gasteiger partial charge in [-0.2, -0.15) is 0 Å². The van der Waals surface area contributed by atoms with Gasteiger partial charge in [0.15, 0.2) is 5.82 Å². The molecule has 30 heavy (non-hydrogen) atoms. The van der Waals surface area contributed by atoms with Crippen molar-refractivity contribution in [2.24, 2.45) is 0 Å². The topological polar surface area (TPSA) is 95.9 Å². The Hall–Kier alpha value is -3.39. The van der Waals surface area contributed by atoms with E-state index in [0.717, 1.165) is 22.0 Å². The average Bonchev–Trinajstić information content (AvgIpc) is 3.13. The lowest BCUT2D eigenvalue weighted by molar-refractivity contribution is 0.0524. The molecule has 0 aliphatic carbocycles. The molecular weight excluding hydrogens is 398 g/mol. The number of nitrogens with two attached hydrogens (primary N) is 1. The monoisotopic (exact) mass is 419 g/mol. The van der Waals surface area contributed by atoms with Crippen LogP contribution in [0.15, 0.2) is 59.8 Å². The molecule has 0 amide bonds. The van der Waals surface area contributed by atoms with Gasteiger partial charge in [-0.3, -0.25) is 4.98 Å². The van der Waals surface area contributed by atoms with E-state index < -0.39 is 0 Å². The minimum atomic E-state index is -0.372. The van der Waals surface area contributed by atoms with Crippen LogP contribution in [-0.4, -0.2) is 32.4 Å². The number of hydrogen-bond donors (Lipinski definition) is 1. The van der Waals surface area contributed by atoms with Crippen LogP contribution in [-0.2, 0) is 10.5 Å². The number of thioether (sulfide) groups is 1. The summed E-state index contributed by atoms with van der Waals surface area (Å²) in [5, 5.41) is 9.89. The van der Waals surface area contributed by atoms with Gasteiger partial charge in [0.2, 0.25) is 5.16 Å². The number of nitrogens with zero attached hydrogens (tertiary/aromatic N) is 4. The highest BCUT2D eigenvalue weighted by atomic mass is 32.2. The normalized spacial score (nSPS) is 11.0. The van der Waals surface area contributed by atoms with Crippen LogP contribution in [0, 0.1) is 6.92 Å². The number of carbonyl (C=O) groups excluding carboxylic acids is 1. The molecule has 8 heteroatoms. The Bertz CT molecular complexity index is 1210. The highest BCUT2D eigenvalue weighted by molar-refractivity contribution is 7.98. The summed E-state index contributed by atoms with van der Waals surface area (Å²) in [7, 11) is 0. The Morgan fingerprint density at radius 1 is 1.10 bits per heavy atom. The molecule has 0 radical (unpaired) electrons. The molecular formula is C22H21N5O2S. The second-order valence-electron chi connectivity index (χ2n) is 6.63. The lowest BCUT2D eigenvalue weighted by atomic mass is 10.0. The SMILES string of the molecule is CCOC(=O)c1c(CSc2nnc(-c3ccccc3)n2N)nc2ccccc2c1C. The van der Waals surface area contributed by atoms with Crippen LogP contribution in [0.2, 0.25) is 0 Å². The largest absolute Gasteiger partial charge is 0.462 e. The number of ether oxygens (including phenoxy) is 1. The van der Waals surface area contributed by atoms with E-state index in [1.807, 2.05) is 61.5 Å². The minimum absolute atomic E-state index is 0.301. The molecule has 2 heterocycles. The first kappa shape index (κ1) is 19.9. The summed E-state index contributed by atoms with van der Waals surface area (Å²) in [4.78, 5) is 17.4. The quantitative estimate of drug-likeness (QED) is 0.287. The van der Waals surface area contributed by atoms with E-state index >= 15 is 0 Å². The molecule has 4 aromatic rings. The van der Waals surface area contributed by atoms with Gasteiger partial charge in [-0.05, 0) is 25.5 Å². The van der Waals surface area contributed by atoms with E-state index in [1.54, 1.807) is 6.92 Å². The molecule has 2 aromatic carbocycles. The minimum Gasteiger partial charge on any atom is -0.462 e. The highest BCUT2D eigenvalue weighted by Gasteiger charge is 2.21. The number of rotatable bonds is 6. The van der Waals surface area contributed by atoms with Crippen LogP contribution in [0.5, 0.6) is 0 Å². The van der Waals surface area contributed by atoms with E-state index in [2.05, 4.69) is 10.2 Å². The van der Waals surface area contributed by atoms with Gasteiger partial charge in [0.25, 0.3) is 0 Å². The smallest absolute Gasteiger partial charge is 0.340 e. The molecule has 152 valence electrons.